The molecule has 0 saturated carbocycles. The number of rotatable bonds is 5. The van der Waals surface area contributed by atoms with Crippen molar-refractivity contribution in [1.29, 1.82) is 0 Å². The van der Waals surface area contributed by atoms with Gasteiger partial charge in [-0.1, -0.05) is 23.2 Å². The second-order valence-electron chi connectivity index (χ2n) is 6.95. The molecule has 0 aromatic heterocycles. The predicted molar refractivity (Wildman–Crippen MR) is 105 cm³/mol. The molecule has 144 valence electrons. The summed E-state index contributed by atoms with van der Waals surface area (Å²) in [6.07, 6.45) is 0.639. The Kier molecular flexibility index (Phi) is 5.72. The Bertz CT molecular complexity index is 854. The van der Waals surface area contributed by atoms with E-state index in [9.17, 15) is 4.79 Å². The SMILES string of the molecule is COc1ccc2c(c1)OC(C)(C)C[C@H]2NC(=O)COc1ccc(Cl)cc1Cl. The minimum absolute atomic E-state index is 0.148. The lowest BCUT2D eigenvalue weighted by Crippen LogP contribution is -2.42. The average molecular weight is 410 g/mol. The van der Waals surface area contributed by atoms with Gasteiger partial charge in [-0.2, -0.15) is 0 Å². The number of hydrogen-bond acceptors (Lipinski definition) is 4. The fourth-order valence-corrected chi connectivity index (χ4v) is 3.52. The van der Waals surface area contributed by atoms with Crippen molar-refractivity contribution < 1.29 is 19.0 Å². The van der Waals surface area contributed by atoms with E-state index in [1.807, 2.05) is 32.0 Å². The number of carbonyl (C=O) groups excluding carboxylic acids is 1. The maximum absolute atomic E-state index is 12.4. The van der Waals surface area contributed by atoms with Crippen LogP contribution in [0.1, 0.15) is 31.9 Å². The minimum atomic E-state index is -0.419. The fraction of sp³-hybridized carbons (Fsp3) is 0.350. The van der Waals surface area contributed by atoms with E-state index in [2.05, 4.69) is 5.32 Å². The van der Waals surface area contributed by atoms with Gasteiger partial charge in [0, 0.05) is 23.1 Å². The Morgan fingerprint density at radius 1 is 1.26 bits per heavy atom. The summed E-state index contributed by atoms with van der Waals surface area (Å²) in [6.45, 7) is 3.82. The summed E-state index contributed by atoms with van der Waals surface area (Å²) in [5.41, 5.74) is 0.491. The molecule has 1 aliphatic rings. The molecule has 1 aliphatic heterocycles. The molecule has 0 saturated heterocycles. The van der Waals surface area contributed by atoms with Gasteiger partial charge in [-0.15, -0.1) is 0 Å². The number of benzene rings is 2. The number of amides is 1. The highest BCUT2D eigenvalue weighted by Crippen LogP contribution is 2.41. The normalized spacial score (nSPS) is 17.4. The van der Waals surface area contributed by atoms with Gasteiger partial charge in [0.15, 0.2) is 6.61 Å². The number of fused-ring (bicyclic) bond motifs is 1. The predicted octanol–water partition coefficient (Wildman–Crippen LogP) is 4.80. The fourth-order valence-electron chi connectivity index (χ4n) is 3.06. The quantitative estimate of drug-likeness (QED) is 0.770. The second kappa shape index (κ2) is 7.87. The zero-order valence-electron chi connectivity index (χ0n) is 15.3. The van der Waals surface area contributed by atoms with Crippen LogP contribution in [0.2, 0.25) is 10.0 Å². The maximum Gasteiger partial charge on any atom is 0.258 e. The third kappa shape index (κ3) is 4.79. The summed E-state index contributed by atoms with van der Waals surface area (Å²) in [6, 6.07) is 10.3. The molecule has 1 heterocycles. The Balaban J connectivity index is 1.70. The smallest absolute Gasteiger partial charge is 0.258 e. The number of ether oxygens (including phenoxy) is 3. The third-order valence-corrected chi connectivity index (χ3v) is 4.80. The van der Waals surface area contributed by atoms with Crippen molar-refractivity contribution in [2.75, 3.05) is 13.7 Å². The van der Waals surface area contributed by atoms with Gasteiger partial charge in [0.05, 0.1) is 18.2 Å². The summed E-state index contributed by atoms with van der Waals surface area (Å²) in [5.74, 6) is 1.58. The Morgan fingerprint density at radius 3 is 2.74 bits per heavy atom. The van der Waals surface area contributed by atoms with Crippen molar-refractivity contribution in [2.45, 2.75) is 31.9 Å². The number of nitrogens with one attached hydrogen (secondary N) is 1. The minimum Gasteiger partial charge on any atom is -0.497 e. The molecule has 2 aromatic carbocycles. The Morgan fingerprint density at radius 2 is 2.04 bits per heavy atom. The van der Waals surface area contributed by atoms with Gasteiger partial charge in [0.25, 0.3) is 5.91 Å². The van der Waals surface area contributed by atoms with Gasteiger partial charge in [-0.25, -0.2) is 0 Å². The zero-order valence-corrected chi connectivity index (χ0v) is 16.9. The van der Waals surface area contributed by atoms with Gasteiger partial charge < -0.3 is 19.5 Å². The van der Waals surface area contributed by atoms with Gasteiger partial charge in [0.1, 0.15) is 22.8 Å². The molecule has 0 unspecified atom stereocenters. The van der Waals surface area contributed by atoms with E-state index >= 15 is 0 Å². The molecule has 27 heavy (non-hydrogen) atoms. The van der Waals surface area contributed by atoms with Crippen LogP contribution >= 0.6 is 23.2 Å². The first kappa shape index (κ1) is 19.6. The van der Waals surface area contributed by atoms with Crippen LogP contribution in [0.15, 0.2) is 36.4 Å². The lowest BCUT2D eigenvalue weighted by molar-refractivity contribution is -0.124. The standard InChI is InChI=1S/C20H21Cl2NO4/c1-20(2)10-16(14-6-5-13(25-3)9-18(14)27-20)23-19(24)11-26-17-7-4-12(21)8-15(17)22/h4-9,16H,10-11H2,1-3H3,(H,23,24)/t16-/m1/s1. The van der Waals surface area contributed by atoms with Crippen LogP contribution < -0.4 is 19.5 Å². The molecule has 1 N–H and O–H groups in total. The summed E-state index contributed by atoms with van der Waals surface area (Å²) < 4.78 is 16.8. The summed E-state index contributed by atoms with van der Waals surface area (Å²) >= 11 is 11.9. The highest BCUT2D eigenvalue weighted by Gasteiger charge is 2.34. The highest BCUT2D eigenvalue weighted by molar-refractivity contribution is 6.35. The number of hydrogen-bond donors (Lipinski definition) is 1. The van der Waals surface area contributed by atoms with Crippen molar-refractivity contribution in [3.8, 4) is 17.2 Å². The first-order valence-corrected chi connectivity index (χ1v) is 9.27. The Labute approximate surface area is 168 Å². The van der Waals surface area contributed by atoms with E-state index in [0.29, 0.717) is 33.7 Å². The lowest BCUT2D eigenvalue weighted by atomic mass is 9.89. The Hall–Kier alpha value is -2.11. The van der Waals surface area contributed by atoms with Crippen LogP contribution in [-0.2, 0) is 4.79 Å². The molecule has 3 rings (SSSR count). The molecule has 0 radical (unpaired) electrons. The van der Waals surface area contributed by atoms with Gasteiger partial charge in [-0.05, 0) is 44.2 Å². The molecule has 0 bridgehead atoms. The molecular formula is C20H21Cl2NO4. The van der Waals surface area contributed by atoms with Crippen molar-refractivity contribution in [1.82, 2.24) is 5.32 Å². The number of methoxy groups -OCH3 is 1. The average Bonchev–Trinajstić information content (AvgIpc) is 2.59. The topological polar surface area (TPSA) is 56.8 Å². The third-order valence-electron chi connectivity index (χ3n) is 4.27. The first-order valence-electron chi connectivity index (χ1n) is 8.51. The number of halogens is 2. The molecule has 0 spiro atoms. The molecule has 2 aromatic rings. The van der Waals surface area contributed by atoms with Crippen molar-refractivity contribution >= 4 is 29.1 Å². The van der Waals surface area contributed by atoms with Crippen LogP contribution in [0.4, 0.5) is 0 Å². The first-order chi connectivity index (χ1) is 12.8. The molecule has 1 amide bonds. The van der Waals surface area contributed by atoms with Crippen LogP contribution in [0.25, 0.3) is 0 Å². The molecular weight excluding hydrogens is 389 g/mol. The monoisotopic (exact) mass is 409 g/mol. The lowest BCUT2D eigenvalue weighted by Gasteiger charge is -2.38. The maximum atomic E-state index is 12.4. The summed E-state index contributed by atoms with van der Waals surface area (Å²) in [5, 5.41) is 3.88. The number of carbonyl (C=O) groups is 1. The van der Waals surface area contributed by atoms with Gasteiger partial charge in [-0.3, -0.25) is 4.79 Å². The second-order valence-corrected chi connectivity index (χ2v) is 7.80. The van der Waals surface area contributed by atoms with E-state index in [1.54, 1.807) is 25.3 Å². The largest absolute Gasteiger partial charge is 0.497 e. The van der Waals surface area contributed by atoms with Gasteiger partial charge in [0.2, 0.25) is 0 Å². The molecule has 0 aliphatic carbocycles. The van der Waals surface area contributed by atoms with Crippen molar-refractivity contribution in [3.05, 3.63) is 52.0 Å². The van der Waals surface area contributed by atoms with E-state index < -0.39 is 5.60 Å². The summed E-state index contributed by atoms with van der Waals surface area (Å²) in [4.78, 5) is 12.4. The summed E-state index contributed by atoms with van der Waals surface area (Å²) in [7, 11) is 1.61. The molecule has 7 heteroatoms. The molecule has 5 nitrogen and oxygen atoms in total. The van der Waals surface area contributed by atoms with Gasteiger partial charge >= 0.3 is 0 Å². The van der Waals surface area contributed by atoms with Crippen LogP contribution in [0, 0.1) is 0 Å². The van der Waals surface area contributed by atoms with E-state index in [-0.39, 0.29) is 18.6 Å². The van der Waals surface area contributed by atoms with E-state index in [1.165, 1.54) is 0 Å². The van der Waals surface area contributed by atoms with Crippen LogP contribution in [-0.4, -0.2) is 25.2 Å². The molecule has 1 atom stereocenters. The van der Waals surface area contributed by atoms with Crippen LogP contribution in [0.3, 0.4) is 0 Å². The molecule has 0 fully saturated rings. The van der Waals surface area contributed by atoms with Crippen LogP contribution in [0.5, 0.6) is 17.2 Å². The zero-order chi connectivity index (χ0) is 19.6. The van der Waals surface area contributed by atoms with Crippen molar-refractivity contribution in [3.63, 3.8) is 0 Å². The van der Waals surface area contributed by atoms with E-state index in [4.69, 9.17) is 37.4 Å². The van der Waals surface area contributed by atoms with E-state index in [0.717, 1.165) is 5.56 Å². The van der Waals surface area contributed by atoms with Crippen molar-refractivity contribution in [2.24, 2.45) is 0 Å². The highest BCUT2D eigenvalue weighted by atomic mass is 35.5.